The van der Waals surface area contributed by atoms with Gasteiger partial charge in [0.15, 0.2) is 0 Å². The summed E-state index contributed by atoms with van der Waals surface area (Å²) in [5.41, 5.74) is 1.97. The number of benzene rings is 1. The third kappa shape index (κ3) is 5.37. The number of aryl methyl sites for hydroxylation is 1. The molecule has 3 amide bonds. The van der Waals surface area contributed by atoms with Gasteiger partial charge in [-0.05, 0) is 82.8 Å². The normalized spacial score (nSPS) is 21.9. The summed E-state index contributed by atoms with van der Waals surface area (Å²) in [5.74, 6) is 0.940. The van der Waals surface area contributed by atoms with E-state index >= 15 is 0 Å². The molecule has 0 radical (unpaired) electrons. The number of fused-ring (bicyclic) bond motifs is 1. The summed E-state index contributed by atoms with van der Waals surface area (Å²) in [5, 5.41) is 3.12. The van der Waals surface area contributed by atoms with Crippen LogP contribution >= 0.6 is 0 Å². The summed E-state index contributed by atoms with van der Waals surface area (Å²) in [6.45, 7) is 10.2. The van der Waals surface area contributed by atoms with E-state index in [1.165, 1.54) is 25.9 Å². The first-order valence-corrected chi connectivity index (χ1v) is 12.4. The Balaban J connectivity index is 1.27. The molecule has 32 heavy (non-hydrogen) atoms. The molecule has 1 atom stereocenters. The Hall–Kier alpha value is -2.28. The summed E-state index contributed by atoms with van der Waals surface area (Å²) < 4.78 is 6.06. The first kappa shape index (κ1) is 22.9. The number of anilines is 1. The van der Waals surface area contributed by atoms with E-state index in [-0.39, 0.29) is 24.0 Å². The molecular weight excluding hydrogens is 404 g/mol. The molecule has 3 aliphatic heterocycles. The van der Waals surface area contributed by atoms with E-state index in [0.717, 1.165) is 55.8 Å². The minimum Gasteiger partial charge on any atom is -0.486 e. The van der Waals surface area contributed by atoms with Gasteiger partial charge in [0.2, 0.25) is 5.91 Å². The fraction of sp³-hybridized carbons (Fsp3) is 0.680. The SMILES string of the molecule is CCC1CN(C(=O)N2CCC(C(=O)NCCCN3CCCC3)CC2)c2cc(C)ccc2O1. The van der Waals surface area contributed by atoms with Crippen molar-refractivity contribution < 1.29 is 14.3 Å². The number of likely N-dealkylation sites (tertiary alicyclic amines) is 2. The second-order valence-corrected chi connectivity index (χ2v) is 9.47. The lowest BCUT2D eigenvalue weighted by Crippen LogP contribution is -2.52. The monoisotopic (exact) mass is 442 g/mol. The van der Waals surface area contributed by atoms with Crippen molar-refractivity contribution in [2.24, 2.45) is 5.92 Å². The third-order valence-corrected chi connectivity index (χ3v) is 7.06. The van der Waals surface area contributed by atoms with E-state index in [1.807, 2.05) is 34.9 Å². The highest BCUT2D eigenvalue weighted by atomic mass is 16.5. The maximum Gasteiger partial charge on any atom is 0.324 e. The molecule has 1 N–H and O–H groups in total. The molecule has 4 rings (SSSR count). The molecule has 7 heteroatoms. The van der Waals surface area contributed by atoms with Gasteiger partial charge in [0, 0.05) is 25.6 Å². The number of carbonyl (C=O) groups is 2. The molecule has 1 unspecified atom stereocenters. The Morgan fingerprint density at radius 3 is 2.59 bits per heavy atom. The molecule has 0 aliphatic carbocycles. The molecule has 0 spiro atoms. The average molecular weight is 443 g/mol. The topological polar surface area (TPSA) is 65.1 Å². The number of piperidine rings is 1. The van der Waals surface area contributed by atoms with Crippen LogP contribution in [0, 0.1) is 12.8 Å². The second kappa shape index (κ2) is 10.6. The average Bonchev–Trinajstić information content (AvgIpc) is 3.34. The van der Waals surface area contributed by atoms with Crippen LogP contribution in [0.15, 0.2) is 18.2 Å². The number of carbonyl (C=O) groups excluding carboxylic acids is 2. The maximum atomic E-state index is 13.4. The molecule has 2 fully saturated rings. The van der Waals surface area contributed by atoms with E-state index in [9.17, 15) is 9.59 Å². The minimum absolute atomic E-state index is 0.00782. The van der Waals surface area contributed by atoms with Crippen molar-refractivity contribution in [3.8, 4) is 5.75 Å². The maximum absolute atomic E-state index is 13.4. The van der Waals surface area contributed by atoms with Crippen LogP contribution in [0.3, 0.4) is 0 Å². The number of nitrogens with one attached hydrogen (secondary N) is 1. The molecule has 3 heterocycles. The molecule has 1 aromatic carbocycles. The molecule has 1 aromatic rings. The molecule has 176 valence electrons. The summed E-state index contributed by atoms with van der Waals surface area (Å²) in [6.07, 6.45) is 5.95. The first-order valence-electron chi connectivity index (χ1n) is 12.4. The third-order valence-electron chi connectivity index (χ3n) is 7.06. The van der Waals surface area contributed by atoms with E-state index in [1.54, 1.807) is 0 Å². The highest BCUT2D eigenvalue weighted by Crippen LogP contribution is 2.36. The highest BCUT2D eigenvalue weighted by Gasteiger charge is 2.34. The van der Waals surface area contributed by atoms with E-state index in [4.69, 9.17) is 4.74 Å². The van der Waals surface area contributed by atoms with Crippen molar-refractivity contribution in [1.29, 1.82) is 0 Å². The van der Waals surface area contributed by atoms with Gasteiger partial charge in [0.25, 0.3) is 0 Å². The first-order chi connectivity index (χ1) is 15.5. The Morgan fingerprint density at radius 2 is 1.88 bits per heavy atom. The Labute approximate surface area is 192 Å². The fourth-order valence-electron chi connectivity index (χ4n) is 5.02. The summed E-state index contributed by atoms with van der Waals surface area (Å²) in [7, 11) is 0. The zero-order valence-electron chi connectivity index (χ0n) is 19.6. The van der Waals surface area contributed by atoms with Gasteiger partial charge in [-0.3, -0.25) is 9.69 Å². The van der Waals surface area contributed by atoms with Gasteiger partial charge < -0.3 is 19.9 Å². The number of hydrogen-bond acceptors (Lipinski definition) is 4. The fourth-order valence-corrected chi connectivity index (χ4v) is 5.02. The number of ether oxygens (including phenoxy) is 1. The Bertz CT molecular complexity index is 800. The molecule has 7 nitrogen and oxygen atoms in total. The van der Waals surface area contributed by atoms with E-state index in [2.05, 4.69) is 17.1 Å². The van der Waals surface area contributed by atoms with Crippen molar-refractivity contribution in [3.63, 3.8) is 0 Å². The van der Waals surface area contributed by atoms with Gasteiger partial charge in [-0.2, -0.15) is 0 Å². The molecule has 0 aromatic heterocycles. The van der Waals surface area contributed by atoms with Crippen LogP contribution in [0.1, 0.15) is 51.0 Å². The number of hydrogen-bond donors (Lipinski definition) is 1. The lowest BCUT2D eigenvalue weighted by atomic mass is 9.96. The zero-order chi connectivity index (χ0) is 22.5. The number of amides is 3. The lowest BCUT2D eigenvalue weighted by Gasteiger charge is -2.39. The van der Waals surface area contributed by atoms with E-state index in [0.29, 0.717) is 19.6 Å². The predicted molar refractivity (Wildman–Crippen MR) is 126 cm³/mol. The van der Waals surface area contributed by atoms with Crippen LogP contribution in [0.5, 0.6) is 5.75 Å². The van der Waals surface area contributed by atoms with Gasteiger partial charge in [0.05, 0.1) is 12.2 Å². The lowest BCUT2D eigenvalue weighted by molar-refractivity contribution is -0.126. The molecule has 0 bridgehead atoms. The number of rotatable bonds is 6. The zero-order valence-corrected chi connectivity index (χ0v) is 19.6. The van der Waals surface area contributed by atoms with Crippen LogP contribution in [0.4, 0.5) is 10.5 Å². The van der Waals surface area contributed by atoms with Gasteiger partial charge in [0.1, 0.15) is 11.9 Å². The smallest absolute Gasteiger partial charge is 0.324 e. The summed E-state index contributed by atoms with van der Waals surface area (Å²) in [4.78, 5) is 32.2. The second-order valence-electron chi connectivity index (χ2n) is 9.47. The van der Waals surface area contributed by atoms with Crippen LogP contribution < -0.4 is 15.0 Å². The van der Waals surface area contributed by atoms with Crippen molar-refractivity contribution in [2.45, 2.75) is 58.5 Å². The van der Waals surface area contributed by atoms with Crippen LogP contribution in [0.25, 0.3) is 0 Å². The molecular formula is C25H38N4O3. The van der Waals surface area contributed by atoms with Gasteiger partial charge in [-0.25, -0.2) is 4.79 Å². The molecule has 2 saturated heterocycles. The summed E-state index contributed by atoms with van der Waals surface area (Å²) >= 11 is 0. The number of nitrogens with zero attached hydrogens (tertiary/aromatic N) is 3. The van der Waals surface area contributed by atoms with Gasteiger partial charge in [-0.15, -0.1) is 0 Å². The van der Waals surface area contributed by atoms with E-state index < -0.39 is 0 Å². The quantitative estimate of drug-likeness (QED) is 0.686. The highest BCUT2D eigenvalue weighted by molar-refractivity contribution is 5.94. The van der Waals surface area contributed by atoms with Crippen LogP contribution in [-0.4, -0.2) is 73.7 Å². The van der Waals surface area contributed by atoms with Crippen molar-refractivity contribution in [2.75, 3.05) is 50.7 Å². The van der Waals surface area contributed by atoms with Crippen LogP contribution in [-0.2, 0) is 4.79 Å². The summed E-state index contributed by atoms with van der Waals surface area (Å²) in [6, 6.07) is 6.05. The Kier molecular flexibility index (Phi) is 7.55. The van der Waals surface area contributed by atoms with Crippen molar-refractivity contribution >= 4 is 17.6 Å². The van der Waals surface area contributed by atoms with Crippen molar-refractivity contribution in [1.82, 2.24) is 15.1 Å². The van der Waals surface area contributed by atoms with Gasteiger partial charge in [-0.1, -0.05) is 13.0 Å². The minimum atomic E-state index is 0.00782. The number of urea groups is 1. The standard InChI is InChI=1S/C25H38N4O3/c1-3-21-18-29(22-17-19(2)7-8-23(22)32-21)25(31)28-15-9-20(10-16-28)24(30)26-11-6-14-27-12-4-5-13-27/h7-8,17,20-21H,3-6,9-16,18H2,1-2H3,(H,26,30). The molecule has 0 saturated carbocycles. The predicted octanol–water partition coefficient (Wildman–Crippen LogP) is 3.41. The van der Waals surface area contributed by atoms with Crippen molar-refractivity contribution in [3.05, 3.63) is 23.8 Å². The van der Waals surface area contributed by atoms with Gasteiger partial charge >= 0.3 is 6.03 Å². The van der Waals surface area contributed by atoms with Crippen LogP contribution in [0.2, 0.25) is 0 Å². The largest absolute Gasteiger partial charge is 0.486 e. The Morgan fingerprint density at radius 1 is 1.12 bits per heavy atom. The molecule has 3 aliphatic rings.